The van der Waals surface area contributed by atoms with Gasteiger partial charge in [-0.3, -0.25) is 4.79 Å². The third-order valence-electron chi connectivity index (χ3n) is 4.30. The number of rotatable bonds is 0. The van der Waals surface area contributed by atoms with Crippen molar-refractivity contribution in [2.24, 2.45) is 23.2 Å². The Bertz CT molecular complexity index is 322. The zero-order chi connectivity index (χ0) is 9.92. The highest BCUT2D eigenvalue weighted by Crippen LogP contribution is 2.57. The van der Waals surface area contributed by atoms with Gasteiger partial charge in [0.1, 0.15) is 0 Å². The summed E-state index contributed by atoms with van der Waals surface area (Å²) in [6, 6.07) is 0. The second kappa shape index (κ2) is 2.40. The van der Waals surface area contributed by atoms with E-state index in [0.29, 0.717) is 5.92 Å². The number of carbonyl (C=O) groups excluding carboxylic acids is 1. The van der Waals surface area contributed by atoms with Crippen LogP contribution in [0.1, 0.15) is 19.8 Å². The van der Waals surface area contributed by atoms with Crippen molar-refractivity contribution in [1.82, 2.24) is 0 Å². The highest BCUT2D eigenvalue weighted by Gasteiger charge is 2.62. The number of carbonyl (C=O) groups is 1. The first kappa shape index (κ1) is 8.48. The van der Waals surface area contributed by atoms with E-state index in [1.807, 2.05) is 6.92 Å². The van der Waals surface area contributed by atoms with E-state index < -0.39 is 11.7 Å². The van der Waals surface area contributed by atoms with Crippen LogP contribution in [0.5, 0.6) is 0 Å². The lowest BCUT2D eigenvalue weighted by Gasteiger charge is -2.46. The smallest absolute Gasteiger partial charge is 0.315 e. The standard InChI is InChI=1S/C11H14O3/c1-11-7-4-2-6(3-5-7)8(11)9(12)14-10(11)13/h2,4,6-9,12H,3,5H2,1H3. The summed E-state index contributed by atoms with van der Waals surface area (Å²) in [6.07, 6.45) is 5.52. The third kappa shape index (κ3) is 0.753. The Hall–Kier alpha value is -0.830. The van der Waals surface area contributed by atoms with E-state index in [1.54, 1.807) is 0 Å². The number of cyclic esters (lactones) is 1. The van der Waals surface area contributed by atoms with E-state index in [2.05, 4.69) is 12.2 Å². The molecule has 1 heterocycles. The Kier molecular flexibility index (Phi) is 1.45. The van der Waals surface area contributed by atoms with Gasteiger partial charge in [-0.05, 0) is 31.6 Å². The summed E-state index contributed by atoms with van der Waals surface area (Å²) >= 11 is 0. The second-order valence-electron chi connectivity index (χ2n) is 4.84. The van der Waals surface area contributed by atoms with Gasteiger partial charge in [-0.15, -0.1) is 0 Å². The molecule has 4 aliphatic rings. The molecule has 4 rings (SSSR count). The Morgan fingerprint density at radius 2 is 2.29 bits per heavy atom. The molecule has 1 saturated heterocycles. The average molecular weight is 194 g/mol. The van der Waals surface area contributed by atoms with E-state index in [-0.39, 0.29) is 17.8 Å². The molecule has 3 aliphatic carbocycles. The van der Waals surface area contributed by atoms with E-state index >= 15 is 0 Å². The molecule has 5 unspecified atom stereocenters. The molecule has 2 bridgehead atoms. The fourth-order valence-electron chi connectivity index (χ4n) is 3.44. The number of aliphatic hydroxyl groups excluding tert-OH is 1. The maximum Gasteiger partial charge on any atom is 0.315 e. The zero-order valence-electron chi connectivity index (χ0n) is 8.14. The van der Waals surface area contributed by atoms with Gasteiger partial charge in [0.2, 0.25) is 6.29 Å². The van der Waals surface area contributed by atoms with E-state index in [1.165, 1.54) is 0 Å². The van der Waals surface area contributed by atoms with E-state index in [9.17, 15) is 9.90 Å². The minimum atomic E-state index is -0.884. The van der Waals surface area contributed by atoms with Gasteiger partial charge in [0, 0.05) is 5.92 Å². The molecule has 2 fully saturated rings. The summed E-state index contributed by atoms with van der Waals surface area (Å²) in [6.45, 7) is 1.94. The van der Waals surface area contributed by atoms with E-state index in [4.69, 9.17) is 4.74 Å². The van der Waals surface area contributed by atoms with Crippen molar-refractivity contribution in [3.8, 4) is 0 Å². The van der Waals surface area contributed by atoms with Gasteiger partial charge in [0.05, 0.1) is 5.41 Å². The van der Waals surface area contributed by atoms with Crippen molar-refractivity contribution < 1.29 is 14.6 Å². The van der Waals surface area contributed by atoms with Gasteiger partial charge in [0.25, 0.3) is 0 Å². The van der Waals surface area contributed by atoms with Crippen molar-refractivity contribution in [3.05, 3.63) is 12.2 Å². The predicted molar refractivity (Wildman–Crippen MR) is 49.0 cm³/mol. The lowest BCUT2D eigenvalue weighted by molar-refractivity contribution is -0.159. The molecule has 0 aromatic heterocycles. The lowest BCUT2D eigenvalue weighted by atomic mass is 9.55. The molecule has 3 heteroatoms. The van der Waals surface area contributed by atoms with Gasteiger partial charge < -0.3 is 9.84 Å². The number of aliphatic hydroxyl groups is 1. The van der Waals surface area contributed by atoms with Crippen LogP contribution in [0.4, 0.5) is 0 Å². The third-order valence-corrected chi connectivity index (χ3v) is 4.30. The Morgan fingerprint density at radius 3 is 2.86 bits per heavy atom. The summed E-state index contributed by atoms with van der Waals surface area (Å²) in [5.74, 6) is 0.362. The second-order valence-corrected chi connectivity index (χ2v) is 4.84. The molecular weight excluding hydrogens is 180 g/mol. The quantitative estimate of drug-likeness (QED) is 0.463. The number of esters is 1. The fourth-order valence-corrected chi connectivity index (χ4v) is 3.44. The number of hydrogen-bond donors (Lipinski definition) is 1. The van der Waals surface area contributed by atoms with Crippen LogP contribution in [-0.2, 0) is 9.53 Å². The van der Waals surface area contributed by atoms with Crippen LogP contribution in [0.25, 0.3) is 0 Å². The molecule has 0 radical (unpaired) electrons. The zero-order valence-corrected chi connectivity index (χ0v) is 8.14. The molecule has 1 saturated carbocycles. The monoisotopic (exact) mass is 194 g/mol. The van der Waals surface area contributed by atoms with Gasteiger partial charge in [0.15, 0.2) is 0 Å². The van der Waals surface area contributed by atoms with Crippen LogP contribution in [0, 0.1) is 23.2 Å². The van der Waals surface area contributed by atoms with Crippen molar-refractivity contribution in [3.63, 3.8) is 0 Å². The minimum Gasteiger partial charge on any atom is -0.435 e. The fraction of sp³-hybridized carbons (Fsp3) is 0.727. The summed E-state index contributed by atoms with van der Waals surface area (Å²) in [4.78, 5) is 11.7. The van der Waals surface area contributed by atoms with Gasteiger partial charge in [-0.2, -0.15) is 0 Å². The normalized spacial score (nSPS) is 54.6. The van der Waals surface area contributed by atoms with Crippen molar-refractivity contribution in [2.75, 3.05) is 0 Å². The average Bonchev–Trinajstić information content (AvgIpc) is 2.42. The van der Waals surface area contributed by atoms with Crippen LogP contribution in [-0.4, -0.2) is 17.4 Å². The van der Waals surface area contributed by atoms with Crippen LogP contribution < -0.4 is 0 Å². The number of fused-ring (bicyclic) bond motifs is 1. The lowest BCUT2D eigenvalue weighted by Crippen LogP contribution is -2.48. The Balaban J connectivity index is 2.11. The molecule has 1 N–H and O–H groups in total. The van der Waals surface area contributed by atoms with E-state index in [0.717, 1.165) is 12.8 Å². The number of ether oxygens (including phenoxy) is 1. The first-order valence-corrected chi connectivity index (χ1v) is 5.21. The highest BCUT2D eigenvalue weighted by molar-refractivity contribution is 5.80. The Labute approximate surface area is 82.8 Å². The Morgan fingerprint density at radius 1 is 1.50 bits per heavy atom. The van der Waals surface area contributed by atoms with Crippen molar-refractivity contribution in [2.45, 2.75) is 26.1 Å². The largest absolute Gasteiger partial charge is 0.435 e. The van der Waals surface area contributed by atoms with Crippen molar-refractivity contribution >= 4 is 5.97 Å². The summed E-state index contributed by atoms with van der Waals surface area (Å²) in [5.41, 5.74) is -0.461. The topological polar surface area (TPSA) is 46.5 Å². The summed E-state index contributed by atoms with van der Waals surface area (Å²) in [5, 5.41) is 9.71. The molecule has 0 aromatic carbocycles. The molecule has 76 valence electrons. The molecular formula is C11H14O3. The molecule has 5 atom stereocenters. The van der Waals surface area contributed by atoms with Crippen molar-refractivity contribution in [1.29, 1.82) is 0 Å². The highest BCUT2D eigenvalue weighted by atomic mass is 16.6. The number of allylic oxidation sites excluding steroid dienone is 2. The first-order valence-electron chi connectivity index (χ1n) is 5.21. The van der Waals surface area contributed by atoms with Crippen LogP contribution in [0.2, 0.25) is 0 Å². The van der Waals surface area contributed by atoms with Gasteiger partial charge >= 0.3 is 5.97 Å². The minimum absolute atomic E-state index is 0.0150. The predicted octanol–water partition coefficient (Wildman–Crippen LogP) is 1.08. The van der Waals surface area contributed by atoms with Gasteiger partial charge in [-0.25, -0.2) is 0 Å². The van der Waals surface area contributed by atoms with Crippen LogP contribution in [0.15, 0.2) is 12.2 Å². The maximum absolute atomic E-state index is 11.7. The SMILES string of the molecule is CC12C(=O)OC(O)C1C1C=CC2CC1. The molecule has 14 heavy (non-hydrogen) atoms. The number of hydrogen-bond acceptors (Lipinski definition) is 3. The summed E-state index contributed by atoms with van der Waals surface area (Å²) in [7, 11) is 0. The van der Waals surface area contributed by atoms with Crippen LogP contribution >= 0.6 is 0 Å². The molecule has 0 aromatic rings. The molecule has 0 spiro atoms. The maximum atomic E-state index is 11.7. The first-order chi connectivity index (χ1) is 6.64. The van der Waals surface area contributed by atoms with Crippen LogP contribution in [0.3, 0.4) is 0 Å². The summed E-state index contributed by atoms with van der Waals surface area (Å²) < 4.78 is 4.97. The molecule has 1 aliphatic heterocycles. The van der Waals surface area contributed by atoms with Gasteiger partial charge in [-0.1, -0.05) is 12.2 Å². The molecule has 3 nitrogen and oxygen atoms in total. The molecule has 0 amide bonds.